The van der Waals surface area contributed by atoms with Crippen LogP contribution in [0.15, 0.2) is 239 Å². The molecule has 0 radical (unpaired) electrons. The molecule has 0 aliphatic carbocycles. The summed E-state index contributed by atoms with van der Waals surface area (Å²) in [6, 6.07) is 57.3. The number of nitro benzene ring substituents is 1. The predicted molar refractivity (Wildman–Crippen MR) is 418 cm³/mol. The van der Waals surface area contributed by atoms with E-state index in [1.165, 1.54) is 13.7 Å². The van der Waals surface area contributed by atoms with Crippen LogP contribution in [0.5, 0.6) is 34.5 Å². The number of hydrogen-bond acceptors (Lipinski definition) is 18. The van der Waals surface area contributed by atoms with Gasteiger partial charge in [0.25, 0.3) is 22.0 Å². The maximum absolute atomic E-state index is 14.7. The lowest BCUT2D eigenvalue weighted by Crippen LogP contribution is -2.53. The van der Waals surface area contributed by atoms with E-state index in [0.29, 0.717) is 16.7 Å². The van der Waals surface area contributed by atoms with Gasteiger partial charge in [-0.3, -0.25) is 44.1 Å². The molecule has 3 aromatic heterocycles. The van der Waals surface area contributed by atoms with Crippen LogP contribution in [0.25, 0.3) is 0 Å². The molecule has 7 N–H and O–H groups in total. The van der Waals surface area contributed by atoms with Crippen LogP contribution >= 0.6 is 0 Å². The van der Waals surface area contributed by atoms with E-state index in [-0.39, 0.29) is 121 Å². The Labute approximate surface area is 648 Å². The number of hydrogen-bond donors (Lipinski definition) is 7. The van der Waals surface area contributed by atoms with Gasteiger partial charge >= 0.3 is 24.4 Å². The van der Waals surface area contributed by atoms with Crippen molar-refractivity contribution >= 4 is 53.2 Å². The van der Waals surface area contributed by atoms with E-state index in [1.54, 1.807) is 91.0 Å². The van der Waals surface area contributed by atoms with Crippen molar-refractivity contribution in [3.05, 3.63) is 299 Å². The standard InChI is InChI=1S/C83H86N8O22/c92-67-50-84(44-47-108-53-59-22-7-1-8-23-59)76(73(70(67)95)111-56-62-28-13-4-14-29-62)87(79(98)99)41-19-38-83(90(82(104)105)65-34-36-66(37-35-65)91(106)107,39-20-42-88(80(100)101)77-74(112-57-63-30-15-5-16-31-63)71(96)68(93)51-85(77)45-48-109-54-60-24-9-2-10-25-60)40-21-43-89(81(102)103)78-75(113-58-64-32-17-6-18-33-64)72(97)69(94)52-86(78)46-49-110-55-61-26-11-3-12-27-61/h1-18,22-37,50-52,92-94H,19-21,38-49,53-58H2,(H,98,99)(H,100,101)(H,102,103)(H,104,105). The summed E-state index contributed by atoms with van der Waals surface area (Å²) in [5.41, 5.74) is -1.97. The summed E-state index contributed by atoms with van der Waals surface area (Å²) in [7, 11) is 0. The molecule has 0 atom stereocenters. The SMILES string of the molecule is O=C(O)N(CCCC(CCCN(C(=O)O)c1c(OCc2ccccc2)c(=O)c(O)cn1CCOCc1ccccc1)(CCCN(C(=O)O)c1c(OCc2ccccc2)c(=O)c(O)cn1CCOCc1ccccc1)N(C(=O)O)c1ccc([N+](=O)[O-])cc1)c1c(OCc2ccccc2)c(=O)c(O)cn1CCOCc1ccccc1. The molecule has 0 saturated heterocycles. The number of amides is 4. The second-order valence-electron chi connectivity index (χ2n) is 26.2. The fourth-order valence-corrected chi connectivity index (χ4v) is 13.1. The number of anilines is 4. The normalized spacial score (nSPS) is 11.2. The summed E-state index contributed by atoms with van der Waals surface area (Å²) in [6.45, 7) is -3.37. The molecule has 0 unspecified atom stereocenters. The van der Waals surface area contributed by atoms with Crippen LogP contribution in [-0.4, -0.2) is 124 Å². The van der Waals surface area contributed by atoms with Crippen LogP contribution in [0, 0.1) is 10.1 Å². The number of rotatable bonds is 42. The number of nitrogens with zero attached hydrogens (tertiary/aromatic N) is 8. The molecule has 0 aliphatic heterocycles. The van der Waals surface area contributed by atoms with Gasteiger partial charge in [-0.1, -0.05) is 182 Å². The highest BCUT2D eigenvalue weighted by Gasteiger charge is 2.42. The first-order valence-electron chi connectivity index (χ1n) is 36.2. The lowest BCUT2D eigenvalue weighted by molar-refractivity contribution is -0.384. The summed E-state index contributed by atoms with van der Waals surface area (Å²) in [6.07, 6.45) is -6.17. The van der Waals surface area contributed by atoms with Gasteiger partial charge in [-0.25, -0.2) is 19.2 Å². The summed E-state index contributed by atoms with van der Waals surface area (Å²) < 4.78 is 40.4. The van der Waals surface area contributed by atoms with Gasteiger partial charge in [0, 0.05) is 57.1 Å². The van der Waals surface area contributed by atoms with Gasteiger partial charge < -0.3 is 77.9 Å². The molecule has 0 saturated carbocycles. The number of benzene rings is 7. The highest BCUT2D eigenvalue weighted by molar-refractivity contribution is 5.90. The summed E-state index contributed by atoms with van der Waals surface area (Å²) in [5, 5.41) is 92.8. The molecule has 0 fully saturated rings. The average Bonchev–Trinajstić information content (AvgIpc) is 0.789. The highest BCUT2D eigenvalue weighted by atomic mass is 16.6. The number of non-ortho nitro benzene ring substituents is 1. The molecule has 30 heteroatoms. The zero-order chi connectivity index (χ0) is 80.2. The smallest absolute Gasteiger partial charge is 0.413 e. The molecule has 10 rings (SSSR count). The van der Waals surface area contributed by atoms with Crippen molar-refractivity contribution < 1.29 is 88.3 Å². The molecule has 10 aromatic rings. The quantitative estimate of drug-likeness (QED) is 0.0106. The Bertz CT molecular complexity index is 4570. The average molecular weight is 1550 g/mol. The maximum atomic E-state index is 14.7. The monoisotopic (exact) mass is 1550 g/mol. The Hall–Kier alpha value is -13.5. The molecule has 590 valence electrons. The van der Waals surface area contributed by atoms with Crippen molar-refractivity contribution in [3.63, 3.8) is 0 Å². The number of pyridine rings is 3. The minimum absolute atomic E-state index is 0.109. The Morgan fingerprint density at radius 2 is 0.628 bits per heavy atom. The van der Waals surface area contributed by atoms with Crippen molar-refractivity contribution in [1.29, 1.82) is 0 Å². The number of ether oxygens (including phenoxy) is 6. The number of nitro groups is 1. The first-order valence-corrected chi connectivity index (χ1v) is 36.2. The van der Waals surface area contributed by atoms with Gasteiger partial charge in [0.15, 0.2) is 34.7 Å². The molecular formula is C83H86N8O22. The van der Waals surface area contributed by atoms with E-state index in [2.05, 4.69) is 0 Å². The third-order valence-corrected chi connectivity index (χ3v) is 18.5. The van der Waals surface area contributed by atoms with Crippen molar-refractivity contribution in [3.8, 4) is 34.5 Å². The lowest BCUT2D eigenvalue weighted by Gasteiger charge is -2.44. The van der Waals surface area contributed by atoms with Gasteiger partial charge in [-0.2, -0.15) is 0 Å². The van der Waals surface area contributed by atoms with Gasteiger partial charge in [-0.05, 0) is 84.0 Å². The summed E-state index contributed by atoms with van der Waals surface area (Å²) >= 11 is 0. The Morgan fingerprint density at radius 3 is 0.867 bits per heavy atom. The maximum Gasteiger partial charge on any atom is 0.413 e. The summed E-state index contributed by atoms with van der Waals surface area (Å²) in [5.74, 6) is -5.39. The van der Waals surface area contributed by atoms with Gasteiger partial charge in [0.2, 0.25) is 17.2 Å². The van der Waals surface area contributed by atoms with Gasteiger partial charge in [0.1, 0.15) is 19.8 Å². The topological polar surface area (TPSA) is 387 Å². The molecule has 0 spiro atoms. The van der Waals surface area contributed by atoms with E-state index in [4.69, 9.17) is 28.4 Å². The minimum Gasteiger partial charge on any atom is -0.503 e. The molecule has 3 heterocycles. The molecule has 4 amide bonds. The third-order valence-electron chi connectivity index (χ3n) is 18.5. The molecular weight excluding hydrogens is 1460 g/mol. The first-order chi connectivity index (χ1) is 54.7. The van der Waals surface area contributed by atoms with E-state index in [0.717, 1.165) is 79.1 Å². The zero-order valence-electron chi connectivity index (χ0n) is 61.5. The Morgan fingerprint density at radius 1 is 0.372 bits per heavy atom. The van der Waals surface area contributed by atoms with Crippen molar-refractivity contribution in [1.82, 2.24) is 13.7 Å². The molecule has 113 heavy (non-hydrogen) atoms. The van der Waals surface area contributed by atoms with Crippen molar-refractivity contribution in [2.24, 2.45) is 0 Å². The van der Waals surface area contributed by atoms with E-state index in [1.807, 2.05) is 91.0 Å². The van der Waals surface area contributed by atoms with E-state index in [9.17, 15) is 79.4 Å². The fourth-order valence-electron chi connectivity index (χ4n) is 13.1. The molecule has 30 nitrogen and oxygen atoms in total. The largest absolute Gasteiger partial charge is 0.503 e. The van der Waals surface area contributed by atoms with Gasteiger partial charge in [0.05, 0.1) is 68.7 Å². The van der Waals surface area contributed by atoms with Crippen molar-refractivity contribution in [2.45, 2.75) is 103 Å². The minimum atomic E-state index is -2.04. The van der Waals surface area contributed by atoms with Crippen LogP contribution in [0.2, 0.25) is 0 Å². The highest BCUT2D eigenvalue weighted by Crippen LogP contribution is 2.41. The third kappa shape index (κ3) is 22.2. The van der Waals surface area contributed by atoms with Crippen LogP contribution < -0.4 is 50.1 Å². The number of carboxylic acid groups (broad SMARTS) is 4. The van der Waals surface area contributed by atoms with Crippen LogP contribution in [-0.2, 0) is 73.5 Å². The van der Waals surface area contributed by atoms with E-state index < -0.39 is 130 Å². The summed E-state index contributed by atoms with van der Waals surface area (Å²) in [4.78, 5) is 115. The number of aromatic hydroxyl groups is 3. The Kier molecular flexibility index (Phi) is 29.3. The van der Waals surface area contributed by atoms with Crippen LogP contribution in [0.1, 0.15) is 71.9 Å². The van der Waals surface area contributed by atoms with Gasteiger partial charge in [-0.15, -0.1) is 0 Å². The predicted octanol–water partition coefficient (Wildman–Crippen LogP) is 13.7. The van der Waals surface area contributed by atoms with Crippen LogP contribution in [0.4, 0.5) is 48.0 Å². The molecule has 0 aliphatic rings. The van der Waals surface area contributed by atoms with Crippen LogP contribution in [0.3, 0.4) is 0 Å². The fraction of sp³-hybridized carbons (Fsp3) is 0.265. The Balaban J connectivity index is 1.09. The lowest BCUT2D eigenvalue weighted by atomic mass is 9.81. The van der Waals surface area contributed by atoms with Crippen molar-refractivity contribution in [2.75, 3.05) is 59.1 Å². The zero-order valence-corrected chi connectivity index (χ0v) is 61.5. The number of aromatic nitrogens is 3. The molecule has 0 bridgehead atoms. The van der Waals surface area contributed by atoms with E-state index >= 15 is 0 Å². The second kappa shape index (κ2) is 40.3. The number of carbonyl (C=O) groups is 4. The molecule has 7 aromatic carbocycles. The second-order valence-corrected chi connectivity index (χ2v) is 26.2. The first kappa shape index (κ1) is 82.1.